The number of hydrazone groups is 1. The standard InChI is InChI=1S/C17H20F2N6O3/c1-23-3-4-24(10-21-23)16-13(18)6-11(7-14(16)19)25-9-12(28-17(25)26)8-20-15-2-5-27-22-15/h2,5-7,10,12,15,20,22H,3-4,8-9H2,1H3. The second-order valence-electron chi connectivity index (χ2n) is 6.63. The molecule has 0 aliphatic carbocycles. The summed E-state index contributed by atoms with van der Waals surface area (Å²) in [5.74, 6) is -1.53. The molecule has 3 heterocycles. The van der Waals surface area contributed by atoms with E-state index in [1.165, 1.54) is 22.4 Å². The Morgan fingerprint density at radius 2 is 2.11 bits per heavy atom. The van der Waals surface area contributed by atoms with Crippen LogP contribution in [0.15, 0.2) is 29.6 Å². The predicted molar refractivity (Wildman–Crippen MR) is 97.6 cm³/mol. The van der Waals surface area contributed by atoms with Crippen molar-refractivity contribution in [1.29, 1.82) is 0 Å². The molecule has 4 rings (SSSR count). The zero-order valence-electron chi connectivity index (χ0n) is 15.1. The Morgan fingerprint density at radius 1 is 1.32 bits per heavy atom. The second-order valence-corrected chi connectivity index (χ2v) is 6.63. The van der Waals surface area contributed by atoms with Gasteiger partial charge >= 0.3 is 6.09 Å². The van der Waals surface area contributed by atoms with Gasteiger partial charge in [-0.25, -0.2) is 13.6 Å². The molecule has 0 spiro atoms. The maximum atomic E-state index is 14.6. The van der Waals surface area contributed by atoms with Gasteiger partial charge in [0.1, 0.15) is 30.6 Å². The molecule has 2 unspecified atom stereocenters. The molecule has 0 radical (unpaired) electrons. The quantitative estimate of drug-likeness (QED) is 0.770. The number of cyclic esters (lactones) is 1. The monoisotopic (exact) mass is 394 g/mol. The maximum absolute atomic E-state index is 14.6. The van der Waals surface area contributed by atoms with Crippen LogP contribution < -0.4 is 20.6 Å². The van der Waals surface area contributed by atoms with Crippen molar-refractivity contribution in [3.8, 4) is 0 Å². The number of likely N-dealkylation sites (N-methyl/N-ethyl adjacent to an activating group) is 1. The van der Waals surface area contributed by atoms with Gasteiger partial charge in [0.2, 0.25) is 0 Å². The first-order valence-electron chi connectivity index (χ1n) is 8.81. The summed E-state index contributed by atoms with van der Waals surface area (Å²) < 4.78 is 34.6. The van der Waals surface area contributed by atoms with E-state index < -0.39 is 23.8 Å². The molecule has 0 aromatic heterocycles. The molecule has 11 heteroatoms. The Bertz CT molecular complexity index is 797. The summed E-state index contributed by atoms with van der Waals surface area (Å²) in [6.45, 7) is 1.48. The Labute approximate surface area is 160 Å². The van der Waals surface area contributed by atoms with Crippen LogP contribution in [0.1, 0.15) is 0 Å². The summed E-state index contributed by atoms with van der Waals surface area (Å²) >= 11 is 0. The first-order chi connectivity index (χ1) is 13.5. The van der Waals surface area contributed by atoms with Crippen molar-refractivity contribution in [3.63, 3.8) is 0 Å². The first kappa shape index (κ1) is 18.4. The van der Waals surface area contributed by atoms with Gasteiger partial charge in [-0.3, -0.25) is 15.2 Å². The van der Waals surface area contributed by atoms with E-state index in [1.807, 2.05) is 0 Å². The number of carbonyl (C=O) groups is 1. The third-order valence-corrected chi connectivity index (χ3v) is 4.63. The van der Waals surface area contributed by atoms with Gasteiger partial charge in [-0.1, -0.05) is 0 Å². The fourth-order valence-electron chi connectivity index (χ4n) is 3.15. The average Bonchev–Trinajstić information content (AvgIpc) is 3.30. The first-order valence-corrected chi connectivity index (χ1v) is 8.81. The summed E-state index contributed by atoms with van der Waals surface area (Å²) in [4.78, 5) is 19.7. The van der Waals surface area contributed by atoms with Crippen LogP contribution in [0.3, 0.4) is 0 Å². The molecule has 28 heavy (non-hydrogen) atoms. The van der Waals surface area contributed by atoms with E-state index in [-0.39, 0.29) is 24.1 Å². The number of halogens is 2. The number of nitrogens with one attached hydrogen (secondary N) is 2. The van der Waals surface area contributed by atoms with Crippen molar-refractivity contribution in [3.05, 3.63) is 36.1 Å². The molecule has 9 nitrogen and oxygen atoms in total. The number of rotatable bonds is 5. The topological polar surface area (TPSA) is 81.7 Å². The minimum absolute atomic E-state index is 0.111. The zero-order valence-corrected chi connectivity index (χ0v) is 15.1. The third kappa shape index (κ3) is 3.71. The molecule has 0 saturated carbocycles. The Morgan fingerprint density at radius 3 is 2.75 bits per heavy atom. The van der Waals surface area contributed by atoms with Crippen molar-refractivity contribution in [1.82, 2.24) is 15.8 Å². The van der Waals surface area contributed by atoms with Crippen LogP contribution in [0.25, 0.3) is 0 Å². The van der Waals surface area contributed by atoms with E-state index in [9.17, 15) is 13.6 Å². The highest BCUT2D eigenvalue weighted by Crippen LogP contribution is 2.31. The average molecular weight is 394 g/mol. The SMILES string of the molecule is CN1CCN(c2c(F)cc(N3CC(CNC4C=CON4)OC3=O)cc2F)C=N1. The lowest BCUT2D eigenvalue weighted by molar-refractivity contribution is 0.114. The number of ether oxygens (including phenoxy) is 1. The van der Waals surface area contributed by atoms with Gasteiger partial charge < -0.3 is 14.5 Å². The van der Waals surface area contributed by atoms with E-state index in [0.29, 0.717) is 19.6 Å². The normalized spacial score (nSPS) is 24.1. The molecule has 2 atom stereocenters. The van der Waals surface area contributed by atoms with E-state index >= 15 is 0 Å². The molecule has 0 bridgehead atoms. The van der Waals surface area contributed by atoms with E-state index in [4.69, 9.17) is 9.57 Å². The lowest BCUT2D eigenvalue weighted by atomic mass is 10.2. The Balaban J connectivity index is 1.46. The van der Waals surface area contributed by atoms with Crippen molar-refractivity contribution in [2.24, 2.45) is 5.10 Å². The lowest BCUT2D eigenvalue weighted by Gasteiger charge is -2.28. The maximum Gasteiger partial charge on any atom is 0.414 e. The summed E-state index contributed by atoms with van der Waals surface area (Å²) in [6.07, 6.45) is 3.35. The van der Waals surface area contributed by atoms with Crippen LogP contribution >= 0.6 is 0 Å². The van der Waals surface area contributed by atoms with Gasteiger partial charge in [-0.15, -0.1) is 5.48 Å². The van der Waals surface area contributed by atoms with Crippen molar-refractivity contribution >= 4 is 23.8 Å². The molecular weight excluding hydrogens is 374 g/mol. The van der Waals surface area contributed by atoms with Gasteiger partial charge in [-0.2, -0.15) is 5.10 Å². The van der Waals surface area contributed by atoms with E-state index in [1.54, 1.807) is 18.1 Å². The van der Waals surface area contributed by atoms with Crippen LogP contribution in [0, 0.1) is 11.6 Å². The molecule has 150 valence electrons. The fraction of sp³-hybridized carbons (Fsp3) is 0.412. The molecule has 1 amide bonds. The molecular formula is C17H20F2N6O3. The third-order valence-electron chi connectivity index (χ3n) is 4.63. The molecule has 2 N–H and O–H groups in total. The summed E-state index contributed by atoms with van der Waals surface area (Å²) in [6, 6.07) is 2.27. The van der Waals surface area contributed by atoms with E-state index in [2.05, 4.69) is 15.9 Å². The minimum atomic E-state index is -0.766. The smallest absolute Gasteiger partial charge is 0.414 e. The number of carbonyl (C=O) groups excluding carboxylic acids is 1. The predicted octanol–water partition coefficient (Wildman–Crippen LogP) is 0.949. The summed E-state index contributed by atoms with van der Waals surface area (Å²) in [5, 5.41) is 8.81. The fourth-order valence-corrected chi connectivity index (χ4v) is 3.15. The number of amides is 1. The highest BCUT2D eigenvalue weighted by atomic mass is 19.1. The van der Waals surface area contributed by atoms with Gasteiger partial charge in [0.25, 0.3) is 0 Å². The second kappa shape index (κ2) is 7.60. The van der Waals surface area contributed by atoms with Crippen molar-refractivity contribution in [2.45, 2.75) is 12.3 Å². The Hall–Kier alpha value is -2.92. The van der Waals surface area contributed by atoms with Crippen molar-refractivity contribution in [2.75, 3.05) is 43.0 Å². The highest BCUT2D eigenvalue weighted by Gasteiger charge is 2.34. The number of benzene rings is 1. The van der Waals surface area contributed by atoms with Gasteiger partial charge in [0.05, 0.1) is 18.8 Å². The largest absolute Gasteiger partial charge is 0.443 e. The number of nitrogens with zero attached hydrogens (tertiary/aromatic N) is 4. The van der Waals surface area contributed by atoms with Crippen LogP contribution in [-0.4, -0.2) is 62.9 Å². The van der Waals surface area contributed by atoms with Crippen LogP contribution in [-0.2, 0) is 9.57 Å². The molecule has 1 saturated heterocycles. The molecule has 1 aromatic carbocycles. The number of hydrogen-bond acceptors (Lipinski definition) is 8. The lowest BCUT2D eigenvalue weighted by Crippen LogP contribution is -2.42. The Kier molecular flexibility index (Phi) is 5.01. The van der Waals surface area contributed by atoms with Gasteiger partial charge in [0, 0.05) is 32.3 Å². The number of anilines is 2. The van der Waals surface area contributed by atoms with Crippen LogP contribution in [0.5, 0.6) is 0 Å². The summed E-state index contributed by atoms with van der Waals surface area (Å²) in [7, 11) is 1.78. The molecule has 1 aromatic rings. The number of hydrogen-bond donors (Lipinski definition) is 2. The summed E-state index contributed by atoms with van der Waals surface area (Å²) in [5.41, 5.74) is 2.62. The molecule has 3 aliphatic heterocycles. The van der Waals surface area contributed by atoms with Crippen molar-refractivity contribution < 1.29 is 23.1 Å². The van der Waals surface area contributed by atoms with Gasteiger partial charge in [0.15, 0.2) is 11.6 Å². The van der Waals surface area contributed by atoms with Crippen LogP contribution in [0.4, 0.5) is 25.0 Å². The number of hydroxylamine groups is 1. The minimum Gasteiger partial charge on any atom is -0.443 e. The highest BCUT2D eigenvalue weighted by molar-refractivity contribution is 5.90. The van der Waals surface area contributed by atoms with Gasteiger partial charge in [-0.05, 0) is 6.08 Å². The molecule has 3 aliphatic rings. The van der Waals surface area contributed by atoms with E-state index in [0.717, 1.165) is 12.1 Å². The van der Waals surface area contributed by atoms with Crippen LogP contribution in [0.2, 0.25) is 0 Å². The zero-order chi connectivity index (χ0) is 19.7. The molecule has 1 fully saturated rings.